The molecule has 0 bridgehead atoms. The number of sulfonamides is 1. The summed E-state index contributed by atoms with van der Waals surface area (Å²) >= 11 is 3.57. The molecule has 0 radical (unpaired) electrons. The number of hydrogen-bond donors (Lipinski definition) is 0. The van der Waals surface area contributed by atoms with Crippen LogP contribution in [0.4, 0.5) is 4.39 Å². The Kier molecular flexibility index (Phi) is 5.59. The molecule has 2 aromatic rings. The largest absolute Gasteiger partial charge is 0.486 e. The molecule has 6 nitrogen and oxygen atoms in total. The van der Waals surface area contributed by atoms with Crippen molar-refractivity contribution in [3.63, 3.8) is 0 Å². The summed E-state index contributed by atoms with van der Waals surface area (Å²) in [5, 5.41) is 0. The Bertz CT molecular complexity index is 978. The molecule has 0 N–H and O–H groups in total. The summed E-state index contributed by atoms with van der Waals surface area (Å²) in [7, 11) is -3.82. The average molecular weight is 471 g/mol. The van der Waals surface area contributed by atoms with Gasteiger partial charge in [0.1, 0.15) is 23.9 Å². The van der Waals surface area contributed by atoms with Gasteiger partial charge in [0, 0.05) is 37.2 Å². The zero-order valence-corrected chi connectivity index (χ0v) is 17.5. The van der Waals surface area contributed by atoms with E-state index >= 15 is 0 Å². The monoisotopic (exact) mass is 470 g/mol. The third-order valence-corrected chi connectivity index (χ3v) is 7.56. The first-order chi connectivity index (χ1) is 13.4. The number of piperazine rings is 1. The Morgan fingerprint density at radius 2 is 1.64 bits per heavy atom. The van der Waals surface area contributed by atoms with Crippen LogP contribution in [0.25, 0.3) is 0 Å². The summed E-state index contributed by atoms with van der Waals surface area (Å²) in [5.74, 6) is 0.734. The van der Waals surface area contributed by atoms with E-state index in [2.05, 4.69) is 20.8 Å². The second kappa shape index (κ2) is 7.98. The van der Waals surface area contributed by atoms with Gasteiger partial charge in [0.25, 0.3) is 0 Å². The Morgan fingerprint density at radius 3 is 2.32 bits per heavy atom. The van der Waals surface area contributed by atoms with Gasteiger partial charge >= 0.3 is 0 Å². The Morgan fingerprint density at radius 1 is 1.00 bits per heavy atom. The van der Waals surface area contributed by atoms with Gasteiger partial charge in [-0.15, -0.1) is 0 Å². The van der Waals surface area contributed by atoms with Crippen LogP contribution in [0.2, 0.25) is 0 Å². The quantitative estimate of drug-likeness (QED) is 0.687. The molecule has 150 valence electrons. The van der Waals surface area contributed by atoms with Crippen LogP contribution in [0.1, 0.15) is 5.56 Å². The summed E-state index contributed by atoms with van der Waals surface area (Å²) in [5.41, 5.74) is 1.05. The first-order valence-corrected chi connectivity index (χ1v) is 11.2. The second-order valence-corrected chi connectivity index (χ2v) is 9.46. The summed E-state index contributed by atoms with van der Waals surface area (Å²) in [6, 6.07) is 9.36. The van der Waals surface area contributed by atoms with Crippen molar-refractivity contribution >= 4 is 26.0 Å². The first-order valence-electron chi connectivity index (χ1n) is 9.00. The predicted octanol–water partition coefficient (Wildman–Crippen LogP) is 2.87. The molecule has 9 heteroatoms. The molecular formula is C19H20BrFN2O4S. The molecule has 2 heterocycles. The molecule has 0 spiro atoms. The fourth-order valence-corrected chi connectivity index (χ4v) is 5.32. The van der Waals surface area contributed by atoms with Gasteiger partial charge < -0.3 is 9.47 Å². The van der Waals surface area contributed by atoms with Gasteiger partial charge in [-0.05, 0) is 29.8 Å². The second-order valence-electron chi connectivity index (χ2n) is 6.70. The number of fused-ring (bicyclic) bond motifs is 1. The van der Waals surface area contributed by atoms with Gasteiger partial charge in [-0.3, -0.25) is 4.90 Å². The lowest BCUT2D eigenvalue weighted by Gasteiger charge is -2.34. The van der Waals surface area contributed by atoms with E-state index in [0.29, 0.717) is 45.9 Å². The molecule has 28 heavy (non-hydrogen) atoms. The minimum absolute atomic E-state index is 0.266. The van der Waals surface area contributed by atoms with Crippen molar-refractivity contribution in [1.29, 1.82) is 0 Å². The fraction of sp³-hybridized carbons (Fsp3) is 0.368. The maximum Gasteiger partial charge on any atom is 0.246 e. The molecule has 0 atom stereocenters. The molecule has 4 rings (SSSR count). The van der Waals surface area contributed by atoms with Gasteiger partial charge in [-0.2, -0.15) is 4.31 Å². The highest BCUT2D eigenvalue weighted by Crippen LogP contribution is 2.36. The number of rotatable bonds is 4. The SMILES string of the molecule is O=S(=O)(c1ccccc1F)N1CCN(Cc2cc3c(cc2Br)OCCO3)CC1. The van der Waals surface area contributed by atoms with E-state index < -0.39 is 15.8 Å². The maximum absolute atomic E-state index is 13.9. The Hall–Kier alpha value is -1.68. The standard InChI is InChI=1S/C19H20BrFN2O4S/c20-15-12-18-17(26-9-10-27-18)11-14(15)13-22-5-7-23(8-6-22)28(24,25)19-4-2-1-3-16(19)21/h1-4,11-12H,5-10,13H2. The van der Waals surface area contributed by atoms with Crippen LogP contribution in [-0.2, 0) is 16.6 Å². The predicted molar refractivity (Wildman–Crippen MR) is 106 cm³/mol. The molecule has 0 aliphatic carbocycles. The summed E-state index contributed by atoms with van der Waals surface area (Å²) in [4.78, 5) is 1.90. The zero-order valence-electron chi connectivity index (χ0n) is 15.1. The van der Waals surface area contributed by atoms with Crippen LogP contribution in [0.3, 0.4) is 0 Å². The minimum Gasteiger partial charge on any atom is -0.486 e. The molecule has 1 fully saturated rings. The molecular weight excluding hydrogens is 451 g/mol. The molecule has 2 aliphatic rings. The van der Waals surface area contributed by atoms with E-state index in [1.807, 2.05) is 12.1 Å². The van der Waals surface area contributed by atoms with Crippen LogP contribution < -0.4 is 9.47 Å². The molecule has 0 unspecified atom stereocenters. The van der Waals surface area contributed by atoms with Crippen molar-refractivity contribution < 1.29 is 22.3 Å². The van der Waals surface area contributed by atoms with Gasteiger partial charge in [-0.1, -0.05) is 28.1 Å². The van der Waals surface area contributed by atoms with Gasteiger partial charge in [0.15, 0.2) is 11.5 Å². The lowest BCUT2D eigenvalue weighted by atomic mass is 10.1. The highest BCUT2D eigenvalue weighted by atomic mass is 79.9. The molecule has 0 amide bonds. The van der Waals surface area contributed by atoms with Gasteiger partial charge in [-0.25, -0.2) is 12.8 Å². The topological polar surface area (TPSA) is 59.1 Å². The van der Waals surface area contributed by atoms with Gasteiger partial charge in [0.2, 0.25) is 10.0 Å². The van der Waals surface area contributed by atoms with Gasteiger partial charge in [0.05, 0.1) is 0 Å². The number of ether oxygens (including phenoxy) is 2. The van der Waals surface area contributed by atoms with Crippen LogP contribution >= 0.6 is 15.9 Å². The Labute approximate surface area is 172 Å². The van der Waals surface area contributed by atoms with Crippen molar-refractivity contribution in [2.45, 2.75) is 11.4 Å². The van der Waals surface area contributed by atoms with Crippen LogP contribution in [0, 0.1) is 5.82 Å². The van der Waals surface area contributed by atoms with Crippen molar-refractivity contribution in [2.75, 3.05) is 39.4 Å². The first kappa shape index (κ1) is 19.6. The van der Waals surface area contributed by atoms with Crippen molar-refractivity contribution in [3.8, 4) is 11.5 Å². The van der Waals surface area contributed by atoms with E-state index in [4.69, 9.17) is 9.47 Å². The fourth-order valence-electron chi connectivity index (χ4n) is 3.39. The number of nitrogens with zero attached hydrogens (tertiary/aromatic N) is 2. The van der Waals surface area contributed by atoms with Crippen molar-refractivity contribution in [2.24, 2.45) is 0 Å². The number of benzene rings is 2. The number of hydrogen-bond acceptors (Lipinski definition) is 5. The van der Waals surface area contributed by atoms with E-state index in [9.17, 15) is 12.8 Å². The third kappa shape index (κ3) is 3.89. The van der Waals surface area contributed by atoms with Crippen LogP contribution in [-0.4, -0.2) is 57.0 Å². The number of halogens is 2. The highest BCUT2D eigenvalue weighted by Gasteiger charge is 2.30. The molecule has 2 aliphatic heterocycles. The normalized spacial score (nSPS) is 18.2. The molecule has 0 aromatic heterocycles. The molecule has 2 aromatic carbocycles. The van der Waals surface area contributed by atoms with Crippen molar-refractivity contribution in [3.05, 3.63) is 52.3 Å². The maximum atomic E-state index is 13.9. The molecule has 1 saturated heterocycles. The van der Waals surface area contributed by atoms with Crippen LogP contribution in [0.15, 0.2) is 45.8 Å². The van der Waals surface area contributed by atoms with E-state index in [0.717, 1.165) is 21.5 Å². The van der Waals surface area contributed by atoms with Crippen molar-refractivity contribution in [1.82, 2.24) is 9.21 Å². The summed E-state index contributed by atoms with van der Waals surface area (Å²) in [6.07, 6.45) is 0. The van der Waals surface area contributed by atoms with Crippen LogP contribution in [0.5, 0.6) is 11.5 Å². The summed E-state index contributed by atoms with van der Waals surface area (Å²) in [6.45, 7) is 3.49. The lowest BCUT2D eigenvalue weighted by Crippen LogP contribution is -2.48. The van der Waals surface area contributed by atoms with E-state index in [-0.39, 0.29) is 4.90 Å². The highest BCUT2D eigenvalue weighted by molar-refractivity contribution is 9.10. The van der Waals surface area contributed by atoms with E-state index in [1.54, 1.807) is 0 Å². The van der Waals surface area contributed by atoms with E-state index in [1.165, 1.54) is 28.6 Å². The summed E-state index contributed by atoms with van der Waals surface area (Å²) < 4.78 is 52.9. The zero-order chi connectivity index (χ0) is 19.7. The molecule has 0 saturated carbocycles. The smallest absolute Gasteiger partial charge is 0.246 e. The lowest BCUT2D eigenvalue weighted by molar-refractivity contribution is 0.168. The Balaban J connectivity index is 1.43. The minimum atomic E-state index is -3.82. The average Bonchev–Trinajstić information content (AvgIpc) is 2.69. The third-order valence-electron chi connectivity index (χ3n) is 4.89.